The lowest BCUT2D eigenvalue weighted by atomic mass is 9.81. The second kappa shape index (κ2) is 16.3. The Morgan fingerprint density at radius 3 is 2.55 bits per heavy atom. The van der Waals surface area contributed by atoms with Crippen molar-refractivity contribution in [3.8, 4) is 11.5 Å². The van der Waals surface area contributed by atoms with Gasteiger partial charge in [-0.25, -0.2) is 10.4 Å². The number of nitrogens with zero attached hydrogens (tertiary/aromatic N) is 4. The summed E-state index contributed by atoms with van der Waals surface area (Å²) in [5.41, 5.74) is 17.4. The highest BCUT2D eigenvalue weighted by molar-refractivity contribution is 6.01. The third-order valence-corrected chi connectivity index (χ3v) is 7.84. The fraction of sp³-hybridized carbons (Fsp3) is 0.278. The monoisotopic (exact) mass is 634 g/mol. The Morgan fingerprint density at radius 2 is 1.79 bits per heavy atom. The molecule has 4 aromatic rings. The minimum absolute atomic E-state index is 0.0449. The van der Waals surface area contributed by atoms with E-state index in [-0.39, 0.29) is 18.9 Å². The number of benzene rings is 4. The van der Waals surface area contributed by atoms with Gasteiger partial charge < -0.3 is 19.3 Å². The van der Waals surface area contributed by atoms with Gasteiger partial charge in [-0.3, -0.25) is 10.2 Å². The first-order valence-electron chi connectivity index (χ1n) is 15.5. The first-order chi connectivity index (χ1) is 23.1. The zero-order chi connectivity index (χ0) is 32.9. The fourth-order valence-electron chi connectivity index (χ4n) is 5.46. The van der Waals surface area contributed by atoms with Crippen LogP contribution in [0, 0.1) is 0 Å². The van der Waals surface area contributed by atoms with Crippen LogP contribution in [0.15, 0.2) is 113 Å². The Kier molecular flexibility index (Phi) is 11.4. The molecule has 2 atom stereocenters. The first-order valence-corrected chi connectivity index (χ1v) is 15.5. The third-order valence-electron chi connectivity index (χ3n) is 7.84. The number of methoxy groups -OCH3 is 1. The summed E-state index contributed by atoms with van der Waals surface area (Å²) in [6.45, 7) is 0.964. The number of carbonyl (C=O) groups is 1. The first kappa shape index (κ1) is 33.0. The number of nitrogens with one attached hydrogen (secondary N) is 2. The van der Waals surface area contributed by atoms with Crippen molar-refractivity contribution in [2.45, 2.75) is 37.3 Å². The summed E-state index contributed by atoms with van der Waals surface area (Å²) in [6, 6.07) is 31.9. The predicted octanol–water partition coefficient (Wildman–Crippen LogP) is 6.15. The normalized spacial score (nSPS) is 16.8. The molecule has 3 N–H and O–H groups in total. The Morgan fingerprint density at radius 1 is 1.00 bits per heavy atom. The fourth-order valence-corrected chi connectivity index (χ4v) is 5.46. The lowest BCUT2D eigenvalue weighted by molar-refractivity contribution is -0.130. The highest BCUT2D eigenvalue weighted by Crippen LogP contribution is 2.44. The number of ether oxygens (including phenoxy) is 3. The molecule has 5 rings (SSSR count). The number of hydrogen-bond acceptors (Lipinski definition) is 8. The minimum Gasteiger partial charge on any atom is -0.497 e. The molecule has 0 saturated carbocycles. The van der Waals surface area contributed by atoms with Crippen LogP contribution in [0.1, 0.15) is 41.2 Å². The van der Waals surface area contributed by atoms with Crippen LogP contribution in [0.3, 0.4) is 0 Å². The van der Waals surface area contributed by atoms with Gasteiger partial charge in [0.2, 0.25) is 5.90 Å². The van der Waals surface area contributed by atoms with E-state index in [2.05, 4.69) is 33.0 Å². The molecule has 47 heavy (non-hydrogen) atoms. The molecule has 0 unspecified atom stereocenters. The summed E-state index contributed by atoms with van der Waals surface area (Å²) >= 11 is 0. The van der Waals surface area contributed by atoms with Crippen LogP contribution in [0.25, 0.3) is 10.4 Å². The predicted molar refractivity (Wildman–Crippen MR) is 180 cm³/mol. The molecule has 242 valence electrons. The highest BCUT2D eigenvalue weighted by Gasteiger charge is 2.53. The van der Waals surface area contributed by atoms with Crippen molar-refractivity contribution in [3.63, 3.8) is 0 Å². The molecule has 0 saturated heterocycles. The molecule has 4 aromatic carbocycles. The van der Waals surface area contributed by atoms with Crippen molar-refractivity contribution >= 4 is 17.5 Å². The van der Waals surface area contributed by atoms with Gasteiger partial charge in [-0.15, -0.1) is 0 Å². The molecule has 1 heterocycles. The van der Waals surface area contributed by atoms with Crippen LogP contribution in [0.5, 0.6) is 11.5 Å². The van der Waals surface area contributed by atoms with E-state index in [1.165, 1.54) is 5.56 Å². The van der Waals surface area contributed by atoms with Crippen LogP contribution in [0.4, 0.5) is 5.69 Å². The van der Waals surface area contributed by atoms with Crippen molar-refractivity contribution < 1.29 is 24.1 Å². The number of hydrazine groups is 1. The summed E-state index contributed by atoms with van der Waals surface area (Å²) in [7, 11) is 1.58. The van der Waals surface area contributed by atoms with Gasteiger partial charge in [0.1, 0.15) is 11.5 Å². The number of rotatable bonds is 16. The standard InChI is InChI=1S/C36H38N6O5/c1-45-31-15-7-14-28(24-31)33-36(25-29-13-5-6-16-32(29)40-42-37,35(44)41-38-21-8-12-26-10-3-2-4-11-26)39-34(47-33)27-17-19-30(20-18-27)46-23-9-22-43/h2-7,10-11,13-20,24,33,38,43H,8-9,12,21-23,25H2,1H3,(H,41,44)/t33-,36-/m0/s1. The second-order valence-electron chi connectivity index (χ2n) is 11.0. The molecule has 0 fully saturated rings. The molecule has 0 spiro atoms. The van der Waals surface area contributed by atoms with Gasteiger partial charge in [0, 0.05) is 42.2 Å². The van der Waals surface area contributed by atoms with Crippen LogP contribution < -0.4 is 20.3 Å². The molecule has 11 heteroatoms. The number of hydrogen-bond donors (Lipinski definition) is 3. The topological polar surface area (TPSA) is 150 Å². The zero-order valence-electron chi connectivity index (χ0n) is 26.2. The summed E-state index contributed by atoms with van der Waals surface area (Å²) in [5, 5.41) is 13.0. The van der Waals surface area contributed by atoms with Crippen LogP contribution >= 0.6 is 0 Å². The summed E-state index contributed by atoms with van der Waals surface area (Å²) in [6.07, 6.45) is 1.39. The van der Waals surface area contributed by atoms with E-state index in [4.69, 9.17) is 24.3 Å². The largest absolute Gasteiger partial charge is 0.497 e. The lowest BCUT2D eigenvalue weighted by Crippen LogP contribution is -2.54. The van der Waals surface area contributed by atoms with Gasteiger partial charge >= 0.3 is 0 Å². The van der Waals surface area contributed by atoms with Crippen molar-refractivity contribution in [3.05, 3.63) is 136 Å². The Bertz CT molecular complexity index is 1710. The lowest BCUT2D eigenvalue weighted by Gasteiger charge is -2.31. The number of aryl methyl sites for hydroxylation is 1. The minimum atomic E-state index is -1.51. The van der Waals surface area contributed by atoms with E-state index in [1.807, 2.05) is 66.7 Å². The van der Waals surface area contributed by atoms with E-state index < -0.39 is 17.6 Å². The van der Waals surface area contributed by atoms with Gasteiger partial charge in [-0.1, -0.05) is 71.8 Å². The number of aliphatic hydroxyl groups is 1. The van der Waals surface area contributed by atoms with E-state index in [9.17, 15) is 10.3 Å². The molecule has 0 aliphatic carbocycles. The second-order valence-corrected chi connectivity index (χ2v) is 11.0. The van der Waals surface area contributed by atoms with E-state index in [0.29, 0.717) is 53.4 Å². The molecule has 1 aliphatic rings. The maximum absolute atomic E-state index is 14.5. The zero-order valence-corrected chi connectivity index (χ0v) is 26.2. The Hall–Kier alpha value is -5.35. The maximum Gasteiger partial charge on any atom is 0.266 e. The number of carbonyl (C=O) groups excluding carboxylic acids is 1. The van der Waals surface area contributed by atoms with Gasteiger partial charge in [-0.05, 0) is 71.5 Å². The van der Waals surface area contributed by atoms with Gasteiger partial charge in [0.15, 0.2) is 11.6 Å². The van der Waals surface area contributed by atoms with Crippen molar-refractivity contribution in [2.75, 3.05) is 26.9 Å². The molecule has 11 nitrogen and oxygen atoms in total. The number of azide groups is 1. The molecule has 0 bridgehead atoms. The maximum atomic E-state index is 14.5. The molecule has 1 amide bonds. The highest BCUT2D eigenvalue weighted by atomic mass is 16.5. The number of amides is 1. The average molecular weight is 635 g/mol. The Labute approximate surface area is 273 Å². The van der Waals surface area contributed by atoms with Gasteiger partial charge in [0.25, 0.3) is 5.91 Å². The van der Waals surface area contributed by atoms with Crippen LogP contribution in [0.2, 0.25) is 0 Å². The van der Waals surface area contributed by atoms with Crippen molar-refractivity contribution in [1.82, 2.24) is 10.9 Å². The molecule has 0 radical (unpaired) electrons. The van der Waals surface area contributed by atoms with Crippen molar-refractivity contribution in [2.24, 2.45) is 10.1 Å². The summed E-state index contributed by atoms with van der Waals surface area (Å²) in [4.78, 5) is 22.5. The molecule has 1 aliphatic heterocycles. The summed E-state index contributed by atoms with van der Waals surface area (Å²) in [5.74, 6) is 1.11. The SMILES string of the molecule is COc1cccc([C@@H]2OC(c3ccc(OCCCO)cc3)=N[C@]2(Cc2ccccc2N=[N+]=[N-])C(=O)NNCCCc2ccccc2)c1. The van der Waals surface area contributed by atoms with E-state index in [0.717, 1.165) is 12.8 Å². The van der Waals surface area contributed by atoms with Gasteiger partial charge in [-0.2, -0.15) is 0 Å². The van der Waals surface area contributed by atoms with E-state index in [1.54, 1.807) is 31.4 Å². The molecule has 0 aromatic heterocycles. The van der Waals surface area contributed by atoms with Crippen LogP contribution in [-0.4, -0.2) is 49.3 Å². The van der Waals surface area contributed by atoms with Gasteiger partial charge in [0.05, 0.1) is 13.7 Å². The van der Waals surface area contributed by atoms with E-state index >= 15 is 0 Å². The average Bonchev–Trinajstić information content (AvgIpc) is 3.50. The third kappa shape index (κ3) is 8.28. The quantitative estimate of drug-likeness (QED) is 0.0442. The summed E-state index contributed by atoms with van der Waals surface area (Å²) < 4.78 is 17.8. The molecular weight excluding hydrogens is 596 g/mol. The van der Waals surface area contributed by atoms with Crippen LogP contribution in [-0.2, 0) is 22.4 Å². The smallest absolute Gasteiger partial charge is 0.266 e. The molecular formula is C36H38N6O5. The van der Waals surface area contributed by atoms with Crippen molar-refractivity contribution in [1.29, 1.82) is 0 Å². The number of aliphatic hydroxyl groups excluding tert-OH is 1. The Balaban J connectivity index is 1.50. The number of aliphatic imine (C=N–C) groups is 1.